The molecular weight excluding hydrogens is 763 g/mol. The molecule has 3 heteroatoms. The first-order valence-corrected chi connectivity index (χ1v) is 21.6. The van der Waals surface area contributed by atoms with E-state index in [0.717, 1.165) is 34.1 Å². The van der Waals surface area contributed by atoms with Crippen molar-refractivity contribution < 1.29 is 0 Å². The lowest BCUT2D eigenvalue weighted by Crippen LogP contribution is -2.12. The largest absolute Gasteiger partial charge is 0.311 e. The van der Waals surface area contributed by atoms with Crippen molar-refractivity contribution in [2.75, 3.05) is 9.80 Å². The summed E-state index contributed by atoms with van der Waals surface area (Å²) in [5.41, 5.74) is 15.0. The van der Waals surface area contributed by atoms with Gasteiger partial charge in [-0.1, -0.05) is 152 Å². The van der Waals surface area contributed by atoms with Gasteiger partial charge in [0.15, 0.2) is 0 Å². The summed E-state index contributed by atoms with van der Waals surface area (Å²) in [7, 11) is 0. The number of fused-ring (bicyclic) bond motifs is 1. The molecule has 0 bridgehead atoms. The van der Waals surface area contributed by atoms with Gasteiger partial charge in [-0.05, 0) is 141 Å². The minimum absolute atomic E-state index is 1.08. The quantitative estimate of drug-likeness (QED) is 0.135. The summed E-state index contributed by atoms with van der Waals surface area (Å²) in [4.78, 5) is 4.66. The fourth-order valence-electron chi connectivity index (χ4n) is 9.56. The summed E-state index contributed by atoms with van der Waals surface area (Å²) in [6, 6.07) is 90.0. The highest BCUT2D eigenvalue weighted by Gasteiger charge is 2.20. The Morgan fingerprint density at radius 1 is 0.270 bits per heavy atom. The monoisotopic (exact) mass is 803 g/mol. The molecule has 3 nitrogen and oxygen atoms in total. The first-order chi connectivity index (χ1) is 31.2. The van der Waals surface area contributed by atoms with E-state index in [1.807, 2.05) is 0 Å². The number of anilines is 6. The highest BCUT2D eigenvalue weighted by Crippen LogP contribution is 2.44. The van der Waals surface area contributed by atoms with Crippen molar-refractivity contribution in [1.82, 2.24) is 4.57 Å². The van der Waals surface area contributed by atoms with Crippen LogP contribution in [0.3, 0.4) is 0 Å². The Morgan fingerprint density at radius 3 is 1.35 bits per heavy atom. The number of aromatic nitrogens is 1. The van der Waals surface area contributed by atoms with Gasteiger partial charge in [0.05, 0.1) is 11.0 Å². The molecular formula is C60H41N3. The van der Waals surface area contributed by atoms with Crippen LogP contribution in [-0.4, -0.2) is 4.57 Å². The van der Waals surface area contributed by atoms with E-state index in [1.54, 1.807) is 0 Å². The predicted octanol–water partition coefficient (Wildman–Crippen LogP) is 16.8. The van der Waals surface area contributed by atoms with Crippen LogP contribution in [0, 0.1) is 0 Å². The maximum absolute atomic E-state index is 2.44. The van der Waals surface area contributed by atoms with Gasteiger partial charge < -0.3 is 14.4 Å². The Kier molecular flexibility index (Phi) is 8.83. The Bertz CT molecular complexity index is 3480. The van der Waals surface area contributed by atoms with E-state index in [0.29, 0.717) is 0 Å². The van der Waals surface area contributed by atoms with E-state index in [2.05, 4.69) is 263 Å². The van der Waals surface area contributed by atoms with Crippen molar-refractivity contribution in [2.45, 2.75) is 0 Å². The molecule has 1 heterocycles. The maximum Gasteiger partial charge on any atom is 0.0547 e. The number of hydrogen-bond donors (Lipinski definition) is 0. The molecule has 0 aliphatic carbocycles. The van der Waals surface area contributed by atoms with Crippen LogP contribution in [0.15, 0.2) is 249 Å². The Morgan fingerprint density at radius 2 is 0.730 bits per heavy atom. The van der Waals surface area contributed by atoms with Crippen molar-refractivity contribution in [1.29, 1.82) is 0 Å². The lowest BCUT2D eigenvalue weighted by Gasteiger charge is -2.28. The fraction of sp³-hybridized carbons (Fsp3) is 0. The second-order valence-corrected chi connectivity index (χ2v) is 16.2. The molecule has 0 aliphatic heterocycles. The van der Waals surface area contributed by atoms with Gasteiger partial charge in [0.1, 0.15) is 0 Å². The fourth-order valence-corrected chi connectivity index (χ4v) is 9.56. The van der Waals surface area contributed by atoms with Crippen molar-refractivity contribution in [3.05, 3.63) is 249 Å². The molecule has 0 aliphatic rings. The van der Waals surface area contributed by atoms with Gasteiger partial charge >= 0.3 is 0 Å². The molecule has 0 saturated carbocycles. The Labute approximate surface area is 366 Å². The number of benzene rings is 11. The summed E-state index contributed by atoms with van der Waals surface area (Å²) in [5.74, 6) is 0. The Hall–Kier alpha value is -8.40. The maximum atomic E-state index is 2.44. The van der Waals surface area contributed by atoms with Crippen LogP contribution in [0.1, 0.15) is 0 Å². The molecule has 1 aromatic heterocycles. The average molecular weight is 804 g/mol. The minimum Gasteiger partial charge on any atom is -0.311 e. The standard InChI is InChI=1S/C60H41N3/c1-4-13-42(14-5-1)44-23-29-50(30-24-44)62(53-36-34-52(35-37-53)61(48-18-6-2-7-19-48)49-20-8-3-9-21-49)51-31-26-45(27-32-51)55-39-40-58-60-56(55)38-28-46-17-12-22-57(59(46)60)63(58)54-33-25-43-15-10-11-16-47(43)41-54/h1-41H. The van der Waals surface area contributed by atoms with Crippen molar-refractivity contribution in [3.63, 3.8) is 0 Å². The lowest BCUT2D eigenvalue weighted by atomic mass is 9.94. The third-order valence-electron chi connectivity index (χ3n) is 12.5. The van der Waals surface area contributed by atoms with Crippen LogP contribution < -0.4 is 9.80 Å². The van der Waals surface area contributed by atoms with Gasteiger partial charge in [-0.2, -0.15) is 0 Å². The highest BCUT2D eigenvalue weighted by molar-refractivity contribution is 6.26. The zero-order valence-electron chi connectivity index (χ0n) is 34.5. The smallest absolute Gasteiger partial charge is 0.0547 e. The van der Waals surface area contributed by atoms with E-state index >= 15 is 0 Å². The highest BCUT2D eigenvalue weighted by atomic mass is 15.2. The summed E-state index contributed by atoms with van der Waals surface area (Å²) >= 11 is 0. The van der Waals surface area contributed by atoms with E-state index in [1.165, 1.54) is 71.3 Å². The van der Waals surface area contributed by atoms with Gasteiger partial charge in [0.25, 0.3) is 0 Å². The van der Waals surface area contributed by atoms with E-state index < -0.39 is 0 Å². The van der Waals surface area contributed by atoms with Crippen molar-refractivity contribution in [2.24, 2.45) is 0 Å². The summed E-state index contributed by atoms with van der Waals surface area (Å²) in [6.45, 7) is 0. The van der Waals surface area contributed by atoms with Gasteiger partial charge in [-0.3, -0.25) is 0 Å². The topological polar surface area (TPSA) is 11.4 Å². The molecule has 0 amide bonds. The molecule has 0 radical (unpaired) electrons. The van der Waals surface area contributed by atoms with Crippen LogP contribution in [0.4, 0.5) is 34.1 Å². The number of rotatable bonds is 9. The van der Waals surface area contributed by atoms with E-state index in [4.69, 9.17) is 0 Å². The SMILES string of the molecule is c1ccc(-c2ccc(N(c3ccc(-c4ccc5c6c4ccc4cccc(c46)n5-c4ccc5ccccc5c4)cc3)c3ccc(N(c4ccccc4)c4ccccc4)cc3)cc2)cc1. The first kappa shape index (κ1) is 36.5. The second kappa shape index (κ2) is 15.3. The van der Waals surface area contributed by atoms with Crippen LogP contribution in [-0.2, 0) is 0 Å². The van der Waals surface area contributed by atoms with Gasteiger partial charge in [0.2, 0.25) is 0 Å². The molecule has 63 heavy (non-hydrogen) atoms. The van der Waals surface area contributed by atoms with Crippen LogP contribution in [0.2, 0.25) is 0 Å². The minimum atomic E-state index is 1.08. The van der Waals surface area contributed by atoms with E-state index in [9.17, 15) is 0 Å². The molecule has 0 fully saturated rings. The molecule has 0 atom stereocenters. The second-order valence-electron chi connectivity index (χ2n) is 16.2. The van der Waals surface area contributed by atoms with Gasteiger partial charge in [-0.15, -0.1) is 0 Å². The van der Waals surface area contributed by atoms with Crippen molar-refractivity contribution >= 4 is 77.5 Å². The lowest BCUT2D eigenvalue weighted by molar-refractivity contribution is 1.19. The molecule has 0 saturated heterocycles. The molecule has 0 spiro atoms. The van der Waals surface area contributed by atoms with Crippen LogP contribution in [0.25, 0.3) is 71.3 Å². The average Bonchev–Trinajstić information content (AvgIpc) is 3.71. The van der Waals surface area contributed by atoms with Gasteiger partial charge in [-0.25, -0.2) is 0 Å². The number of nitrogens with zero attached hydrogens (tertiary/aromatic N) is 3. The van der Waals surface area contributed by atoms with E-state index in [-0.39, 0.29) is 0 Å². The zero-order chi connectivity index (χ0) is 41.7. The number of para-hydroxylation sites is 2. The molecule has 0 unspecified atom stereocenters. The first-order valence-electron chi connectivity index (χ1n) is 21.6. The summed E-state index contributed by atoms with van der Waals surface area (Å²) in [6.07, 6.45) is 0. The predicted molar refractivity (Wildman–Crippen MR) is 267 cm³/mol. The normalized spacial score (nSPS) is 11.5. The number of hydrogen-bond acceptors (Lipinski definition) is 2. The third-order valence-corrected chi connectivity index (χ3v) is 12.5. The summed E-state index contributed by atoms with van der Waals surface area (Å²) in [5, 5.41) is 7.62. The zero-order valence-corrected chi connectivity index (χ0v) is 34.5. The third kappa shape index (κ3) is 6.38. The Balaban J connectivity index is 0.953. The summed E-state index contributed by atoms with van der Waals surface area (Å²) < 4.78 is 2.44. The van der Waals surface area contributed by atoms with Crippen LogP contribution in [0.5, 0.6) is 0 Å². The molecule has 0 N–H and O–H groups in total. The molecule has 12 rings (SSSR count). The molecule has 12 aromatic rings. The van der Waals surface area contributed by atoms with Gasteiger partial charge in [0, 0.05) is 50.6 Å². The van der Waals surface area contributed by atoms with Crippen molar-refractivity contribution in [3.8, 4) is 27.9 Å². The molecule has 296 valence electrons. The van der Waals surface area contributed by atoms with Crippen LogP contribution >= 0.6 is 0 Å². The molecule has 11 aromatic carbocycles.